The number of carbonyl (C=O) groups is 2. The molecule has 0 N–H and O–H groups in total. The number of likely N-dealkylation sites (tertiary alicyclic amines) is 1. The highest BCUT2D eigenvalue weighted by molar-refractivity contribution is 5.94. The van der Waals surface area contributed by atoms with Crippen LogP contribution in [-0.2, 0) is 9.59 Å². The van der Waals surface area contributed by atoms with Gasteiger partial charge in [0, 0.05) is 31.7 Å². The van der Waals surface area contributed by atoms with Crippen LogP contribution in [0.1, 0.15) is 19.3 Å². The van der Waals surface area contributed by atoms with Gasteiger partial charge in [-0.2, -0.15) is 0 Å². The maximum absolute atomic E-state index is 12.7. The summed E-state index contributed by atoms with van der Waals surface area (Å²) < 4.78 is 5.60. The van der Waals surface area contributed by atoms with E-state index in [-0.39, 0.29) is 17.7 Å². The Bertz CT molecular complexity index is 741. The monoisotopic (exact) mass is 366 g/mol. The van der Waals surface area contributed by atoms with Gasteiger partial charge in [-0.05, 0) is 37.1 Å². The molecule has 1 saturated heterocycles. The zero-order valence-corrected chi connectivity index (χ0v) is 15.7. The molecule has 0 saturated carbocycles. The Balaban J connectivity index is 1.42. The molecule has 5 heteroatoms. The van der Waals surface area contributed by atoms with Crippen molar-refractivity contribution in [1.82, 2.24) is 4.90 Å². The third kappa shape index (κ3) is 5.09. The van der Waals surface area contributed by atoms with Crippen molar-refractivity contribution in [2.45, 2.75) is 19.3 Å². The second-order valence-electron chi connectivity index (χ2n) is 6.80. The summed E-state index contributed by atoms with van der Waals surface area (Å²) in [6.07, 6.45) is 1.78. The van der Waals surface area contributed by atoms with Gasteiger partial charge in [0.25, 0.3) is 0 Å². The number of amides is 2. The SMILES string of the molecule is CN(C(=O)C1CCN(C(=O)CCOc2ccccc2)CC1)c1ccccc1. The van der Waals surface area contributed by atoms with Crippen LogP contribution in [0.4, 0.5) is 5.69 Å². The van der Waals surface area contributed by atoms with E-state index in [1.165, 1.54) is 0 Å². The molecule has 2 amide bonds. The minimum atomic E-state index is -0.0279. The van der Waals surface area contributed by atoms with Crippen LogP contribution in [0.2, 0.25) is 0 Å². The molecule has 0 bridgehead atoms. The summed E-state index contributed by atoms with van der Waals surface area (Å²) in [6.45, 7) is 1.63. The average molecular weight is 366 g/mol. The molecular formula is C22H26N2O3. The first-order valence-electron chi connectivity index (χ1n) is 9.43. The summed E-state index contributed by atoms with van der Waals surface area (Å²) in [5.74, 6) is 0.965. The predicted octanol–water partition coefficient (Wildman–Crippen LogP) is 3.36. The predicted molar refractivity (Wildman–Crippen MR) is 106 cm³/mol. The molecule has 0 aromatic heterocycles. The first kappa shape index (κ1) is 19.0. The van der Waals surface area contributed by atoms with Crippen LogP contribution >= 0.6 is 0 Å². The number of ether oxygens (including phenoxy) is 1. The molecule has 0 atom stereocenters. The molecule has 1 aliphatic heterocycles. The van der Waals surface area contributed by atoms with Crippen molar-refractivity contribution in [1.29, 1.82) is 0 Å². The molecule has 2 aromatic carbocycles. The Labute approximate surface area is 160 Å². The van der Waals surface area contributed by atoms with Crippen molar-refractivity contribution in [3.63, 3.8) is 0 Å². The number of hydrogen-bond donors (Lipinski definition) is 0. The van der Waals surface area contributed by atoms with Gasteiger partial charge in [-0.3, -0.25) is 9.59 Å². The molecule has 142 valence electrons. The van der Waals surface area contributed by atoms with Crippen molar-refractivity contribution in [2.24, 2.45) is 5.92 Å². The van der Waals surface area contributed by atoms with Crippen LogP contribution in [0.25, 0.3) is 0 Å². The number of rotatable bonds is 6. The lowest BCUT2D eigenvalue weighted by Gasteiger charge is -2.33. The van der Waals surface area contributed by atoms with E-state index in [0.29, 0.717) is 39.0 Å². The zero-order valence-electron chi connectivity index (χ0n) is 15.7. The Morgan fingerprint density at radius 1 is 1.00 bits per heavy atom. The Kier molecular flexibility index (Phi) is 6.47. The summed E-state index contributed by atoms with van der Waals surface area (Å²) in [6, 6.07) is 19.2. The van der Waals surface area contributed by atoms with E-state index in [0.717, 1.165) is 11.4 Å². The fraction of sp³-hybridized carbons (Fsp3) is 0.364. The third-order valence-corrected chi connectivity index (χ3v) is 5.00. The molecule has 1 aliphatic rings. The van der Waals surface area contributed by atoms with E-state index in [1.807, 2.05) is 72.6 Å². The number of piperidine rings is 1. The van der Waals surface area contributed by atoms with Crippen LogP contribution in [0.15, 0.2) is 60.7 Å². The molecule has 3 rings (SSSR count). The molecule has 5 nitrogen and oxygen atoms in total. The standard InChI is InChI=1S/C22H26N2O3/c1-23(19-8-4-2-5-9-19)22(26)18-12-15-24(16-13-18)21(25)14-17-27-20-10-6-3-7-11-20/h2-11,18H,12-17H2,1H3. The van der Waals surface area contributed by atoms with Crippen molar-refractivity contribution >= 4 is 17.5 Å². The molecule has 1 fully saturated rings. The van der Waals surface area contributed by atoms with Crippen molar-refractivity contribution in [3.8, 4) is 5.75 Å². The Morgan fingerprint density at radius 3 is 2.22 bits per heavy atom. The van der Waals surface area contributed by atoms with Gasteiger partial charge in [-0.15, -0.1) is 0 Å². The van der Waals surface area contributed by atoms with E-state index in [2.05, 4.69) is 0 Å². The number of carbonyl (C=O) groups excluding carboxylic acids is 2. The Hall–Kier alpha value is -2.82. The summed E-state index contributed by atoms with van der Waals surface area (Å²) in [5, 5.41) is 0. The summed E-state index contributed by atoms with van der Waals surface area (Å²) in [4.78, 5) is 28.6. The maximum atomic E-state index is 12.7. The minimum absolute atomic E-state index is 0.0279. The average Bonchev–Trinajstić information content (AvgIpc) is 2.74. The van der Waals surface area contributed by atoms with E-state index < -0.39 is 0 Å². The van der Waals surface area contributed by atoms with E-state index in [4.69, 9.17) is 4.74 Å². The van der Waals surface area contributed by atoms with Crippen molar-refractivity contribution in [3.05, 3.63) is 60.7 Å². The van der Waals surface area contributed by atoms with Gasteiger partial charge >= 0.3 is 0 Å². The lowest BCUT2D eigenvalue weighted by Crippen LogP contribution is -2.43. The summed E-state index contributed by atoms with van der Waals surface area (Å²) >= 11 is 0. The first-order chi connectivity index (χ1) is 13.1. The highest BCUT2D eigenvalue weighted by Gasteiger charge is 2.29. The van der Waals surface area contributed by atoms with E-state index in [9.17, 15) is 9.59 Å². The van der Waals surface area contributed by atoms with E-state index >= 15 is 0 Å². The van der Waals surface area contributed by atoms with Crippen LogP contribution in [0.5, 0.6) is 5.75 Å². The lowest BCUT2D eigenvalue weighted by atomic mass is 9.95. The van der Waals surface area contributed by atoms with Gasteiger partial charge in [0.1, 0.15) is 5.75 Å². The molecular weight excluding hydrogens is 340 g/mol. The number of para-hydroxylation sites is 2. The number of benzene rings is 2. The molecule has 2 aromatic rings. The quantitative estimate of drug-likeness (QED) is 0.788. The Morgan fingerprint density at radius 2 is 1.59 bits per heavy atom. The highest BCUT2D eigenvalue weighted by atomic mass is 16.5. The van der Waals surface area contributed by atoms with Crippen LogP contribution < -0.4 is 9.64 Å². The molecule has 0 spiro atoms. The smallest absolute Gasteiger partial charge is 0.229 e. The molecule has 1 heterocycles. The second-order valence-corrected chi connectivity index (χ2v) is 6.80. The summed E-state index contributed by atoms with van der Waals surface area (Å²) in [7, 11) is 1.82. The van der Waals surface area contributed by atoms with Crippen LogP contribution in [0.3, 0.4) is 0 Å². The largest absolute Gasteiger partial charge is 0.493 e. The van der Waals surface area contributed by atoms with Gasteiger partial charge in [0.05, 0.1) is 13.0 Å². The van der Waals surface area contributed by atoms with Gasteiger partial charge in [0.2, 0.25) is 11.8 Å². The normalized spacial score (nSPS) is 14.6. The fourth-order valence-corrected chi connectivity index (χ4v) is 3.36. The first-order valence-corrected chi connectivity index (χ1v) is 9.43. The van der Waals surface area contributed by atoms with Gasteiger partial charge in [-0.25, -0.2) is 0 Å². The topological polar surface area (TPSA) is 49.9 Å². The molecule has 0 unspecified atom stereocenters. The highest BCUT2D eigenvalue weighted by Crippen LogP contribution is 2.23. The maximum Gasteiger partial charge on any atom is 0.229 e. The van der Waals surface area contributed by atoms with Gasteiger partial charge < -0.3 is 14.5 Å². The van der Waals surface area contributed by atoms with Gasteiger partial charge in [0.15, 0.2) is 0 Å². The number of hydrogen-bond acceptors (Lipinski definition) is 3. The molecule has 0 aliphatic carbocycles. The second kappa shape index (κ2) is 9.21. The van der Waals surface area contributed by atoms with Gasteiger partial charge in [-0.1, -0.05) is 36.4 Å². The van der Waals surface area contributed by atoms with Crippen LogP contribution in [0, 0.1) is 5.92 Å². The van der Waals surface area contributed by atoms with Crippen molar-refractivity contribution < 1.29 is 14.3 Å². The van der Waals surface area contributed by atoms with Crippen molar-refractivity contribution in [2.75, 3.05) is 31.6 Å². The molecule has 0 radical (unpaired) electrons. The van der Waals surface area contributed by atoms with E-state index in [1.54, 1.807) is 4.90 Å². The minimum Gasteiger partial charge on any atom is -0.493 e. The van der Waals surface area contributed by atoms with Crippen LogP contribution in [-0.4, -0.2) is 43.5 Å². The number of anilines is 1. The molecule has 27 heavy (non-hydrogen) atoms. The number of nitrogens with zero attached hydrogens (tertiary/aromatic N) is 2. The summed E-state index contributed by atoms with van der Waals surface area (Å²) in [5.41, 5.74) is 0.902. The lowest BCUT2D eigenvalue weighted by molar-refractivity contribution is -0.135. The zero-order chi connectivity index (χ0) is 19.1. The fourth-order valence-electron chi connectivity index (χ4n) is 3.36. The third-order valence-electron chi connectivity index (χ3n) is 5.00.